The molecule has 5 nitrogen and oxygen atoms in total. The summed E-state index contributed by atoms with van der Waals surface area (Å²) in [6.07, 6.45) is 1.62. The maximum absolute atomic E-state index is 5.51. The van der Waals surface area contributed by atoms with Crippen LogP contribution in [0.3, 0.4) is 0 Å². The van der Waals surface area contributed by atoms with Gasteiger partial charge in [-0.05, 0) is 19.9 Å². The predicted octanol–water partition coefficient (Wildman–Crippen LogP) is 0.896. The lowest BCUT2D eigenvalue weighted by molar-refractivity contribution is 0.0342. The third-order valence-corrected chi connectivity index (χ3v) is 1.90. The second kappa shape index (κ2) is 4.23. The van der Waals surface area contributed by atoms with Gasteiger partial charge in [-0.25, -0.2) is 4.98 Å². The zero-order chi connectivity index (χ0) is 10.6. The first kappa shape index (κ1) is 10.7. The van der Waals surface area contributed by atoms with Crippen LogP contribution >= 0.6 is 0 Å². The molecule has 0 saturated heterocycles. The minimum Gasteiger partial charge on any atom is -0.384 e. The Balaban J connectivity index is 2.54. The Morgan fingerprint density at radius 3 is 2.86 bits per heavy atom. The summed E-state index contributed by atoms with van der Waals surface area (Å²) >= 11 is 0. The summed E-state index contributed by atoms with van der Waals surface area (Å²) in [4.78, 5) is 8.03. The number of nitrogens with one attached hydrogen (secondary N) is 1. The Morgan fingerprint density at radius 1 is 1.57 bits per heavy atom. The van der Waals surface area contributed by atoms with Crippen molar-refractivity contribution in [1.29, 1.82) is 0 Å². The van der Waals surface area contributed by atoms with Crippen LogP contribution in [-0.2, 0) is 4.74 Å². The highest BCUT2D eigenvalue weighted by Gasteiger charge is 2.15. The summed E-state index contributed by atoms with van der Waals surface area (Å²) in [5.41, 5.74) is 5.27. The Kier molecular flexibility index (Phi) is 3.24. The first-order valence-electron chi connectivity index (χ1n) is 4.41. The molecule has 0 aromatic carbocycles. The monoisotopic (exact) mass is 196 g/mol. The van der Waals surface area contributed by atoms with Gasteiger partial charge < -0.3 is 15.8 Å². The van der Waals surface area contributed by atoms with Crippen LogP contribution in [0.2, 0.25) is 0 Å². The molecule has 0 bridgehead atoms. The molecule has 0 aliphatic rings. The Bertz CT molecular complexity index is 301. The van der Waals surface area contributed by atoms with Gasteiger partial charge in [0.15, 0.2) is 0 Å². The van der Waals surface area contributed by atoms with Gasteiger partial charge in [-0.2, -0.15) is 4.98 Å². The van der Waals surface area contributed by atoms with E-state index in [0.29, 0.717) is 18.3 Å². The van der Waals surface area contributed by atoms with Crippen molar-refractivity contribution in [3.8, 4) is 0 Å². The van der Waals surface area contributed by atoms with E-state index in [0.717, 1.165) is 0 Å². The van der Waals surface area contributed by atoms with E-state index in [1.54, 1.807) is 19.4 Å². The van der Waals surface area contributed by atoms with E-state index in [1.165, 1.54) is 0 Å². The molecular weight excluding hydrogens is 180 g/mol. The smallest absolute Gasteiger partial charge is 0.224 e. The van der Waals surface area contributed by atoms with E-state index in [2.05, 4.69) is 15.3 Å². The van der Waals surface area contributed by atoms with Crippen molar-refractivity contribution in [2.75, 3.05) is 24.7 Å². The second-order valence-corrected chi connectivity index (χ2v) is 3.62. The third kappa shape index (κ3) is 3.18. The number of rotatable bonds is 4. The van der Waals surface area contributed by atoms with Crippen LogP contribution in [-0.4, -0.2) is 29.2 Å². The number of nitrogens with two attached hydrogens (primary N) is 1. The number of anilines is 2. The Morgan fingerprint density at radius 2 is 2.29 bits per heavy atom. The first-order chi connectivity index (χ1) is 6.53. The molecule has 1 heterocycles. The lowest BCUT2D eigenvalue weighted by atomic mass is 10.1. The molecular formula is C9H16N4O. The van der Waals surface area contributed by atoms with Crippen molar-refractivity contribution < 1.29 is 4.74 Å². The Hall–Kier alpha value is -1.36. The first-order valence-corrected chi connectivity index (χ1v) is 4.41. The van der Waals surface area contributed by atoms with Crippen molar-refractivity contribution in [2.45, 2.75) is 19.4 Å². The number of nitrogens with zero attached hydrogens (tertiary/aromatic N) is 2. The summed E-state index contributed by atoms with van der Waals surface area (Å²) in [5, 5.41) is 3.05. The zero-order valence-electron chi connectivity index (χ0n) is 8.74. The van der Waals surface area contributed by atoms with E-state index in [9.17, 15) is 0 Å². The van der Waals surface area contributed by atoms with Crippen molar-refractivity contribution in [3.05, 3.63) is 12.3 Å². The molecule has 5 heteroatoms. The fourth-order valence-corrected chi connectivity index (χ4v) is 0.822. The number of methoxy groups -OCH3 is 1. The van der Waals surface area contributed by atoms with Gasteiger partial charge in [0.25, 0.3) is 0 Å². The van der Waals surface area contributed by atoms with Crippen LogP contribution < -0.4 is 11.1 Å². The van der Waals surface area contributed by atoms with Crippen molar-refractivity contribution in [1.82, 2.24) is 9.97 Å². The van der Waals surface area contributed by atoms with Crippen molar-refractivity contribution in [3.63, 3.8) is 0 Å². The van der Waals surface area contributed by atoms with Gasteiger partial charge >= 0.3 is 0 Å². The lowest BCUT2D eigenvalue weighted by Gasteiger charge is -2.22. The molecule has 0 fully saturated rings. The number of ether oxygens (including phenoxy) is 1. The van der Waals surface area contributed by atoms with Crippen molar-refractivity contribution >= 4 is 11.8 Å². The molecule has 0 saturated carbocycles. The Labute approximate surface area is 83.7 Å². The summed E-state index contributed by atoms with van der Waals surface area (Å²) in [7, 11) is 1.67. The molecule has 0 amide bonds. The molecule has 1 rings (SSSR count). The number of hydrogen-bond acceptors (Lipinski definition) is 5. The zero-order valence-corrected chi connectivity index (χ0v) is 8.74. The highest BCUT2D eigenvalue weighted by molar-refractivity contribution is 5.35. The largest absolute Gasteiger partial charge is 0.384 e. The predicted molar refractivity (Wildman–Crippen MR) is 56.0 cm³/mol. The number of aromatic nitrogens is 2. The molecule has 14 heavy (non-hydrogen) atoms. The molecule has 0 aliphatic heterocycles. The van der Waals surface area contributed by atoms with E-state index >= 15 is 0 Å². The van der Waals surface area contributed by atoms with Crippen LogP contribution in [0.4, 0.5) is 11.8 Å². The van der Waals surface area contributed by atoms with Crippen LogP contribution in [0, 0.1) is 0 Å². The molecule has 1 aromatic rings. The van der Waals surface area contributed by atoms with E-state index < -0.39 is 0 Å². The van der Waals surface area contributed by atoms with Gasteiger partial charge in [0.2, 0.25) is 5.95 Å². The topological polar surface area (TPSA) is 73.1 Å². The molecule has 0 unspecified atom stereocenters. The molecule has 0 radical (unpaired) electrons. The van der Waals surface area contributed by atoms with Crippen molar-refractivity contribution in [2.24, 2.45) is 0 Å². The van der Waals surface area contributed by atoms with Crippen LogP contribution in [0.15, 0.2) is 12.3 Å². The van der Waals surface area contributed by atoms with E-state index in [1.807, 2.05) is 13.8 Å². The normalized spacial score (nSPS) is 11.4. The molecule has 0 atom stereocenters. The van der Waals surface area contributed by atoms with Gasteiger partial charge in [0.05, 0.1) is 5.60 Å². The number of nitrogen functional groups attached to an aromatic ring is 1. The fraction of sp³-hybridized carbons (Fsp3) is 0.556. The highest BCUT2D eigenvalue weighted by Crippen LogP contribution is 2.08. The van der Waals surface area contributed by atoms with E-state index in [4.69, 9.17) is 10.5 Å². The SMILES string of the molecule is COC(C)(C)CNc1nccc(N)n1. The van der Waals surface area contributed by atoms with E-state index in [-0.39, 0.29) is 5.60 Å². The summed E-state index contributed by atoms with van der Waals surface area (Å²) < 4.78 is 5.24. The van der Waals surface area contributed by atoms with Gasteiger partial charge in [0.1, 0.15) is 5.82 Å². The van der Waals surface area contributed by atoms with Gasteiger partial charge in [-0.15, -0.1) is 0 Å². The standard InChI is InChI=1S/C9H16N4O/c1-9(2,14-3)6-12-8-11-5-4-7(10)13-8/h4-5H,6H2,1-3H3,(H3,10,11,12,13). The highest BCUT2D eigenvalue weighted by atomic mass is 16.5. The van der Waals surface area contributed by atoms with Crippen LogP contribution in [0.1, 0.15) is 13.8 Å². The van der Waals surface area contributed by atoms with Crippen LogP contribution in [0.5, 0.6) is 0 Å². The summed E-state index contributed by atoms with van der Waals surface area (Å²) in [6, 6.07) is 1.65. The quantitative estimate of drug-likeness (QED) is 0.748. The fourth-order valence-electron chi connectivity index (χ4n) is 0.822. The van der Waals surface area contributed by atoms with Crippen LogP contribution in [0.25, 0.3) is 0 Å². The second-order valence-electron chi connectivity index (χ2n) is 3.62. The van der Waals surface area contributed by atoms with Gasteiger partial charge in [-0.3, -0.25) is 0 Å². The minimum absolute atomic E-state index is 0.242. The minimum atomic E-state index is -0.242. The molecule has 78 valence electrons. The maximum atomic E-state index is 5.51. The van der Waals surface area contributed by atoms with Gasteiger partial charge in [0, 0.05) is 19.9 Å². The summed E-state index contributed by atoms with van der Waals surface area (Å²) in [5.74, 6) is 0.979. The third-order valence-electron chi connectivity index (χ3n) is 1.90. The molecule has 0 spiro atoms. The molecule has 3 N–H and O–H groups in total. The molecule has 0 aliphatic carbocycles. The average molecular weight is 196 g/mol. The number of hydrogen-bond donors (Lipinski definition) is 2. The molecule has 1 aromatic heterocycles. The van der Waals surface area contributed by atoms with Gasteiger partial charge in [-0.1, -0.05) is 0 Å². The maximum Gasteiger partial charge on any atom is 0.224 e. The summed E-state index contributed by atoms with van der Waals surface area (Å²) in [6.45, 7) is 4.59. The average Bonchev–Trinajstić information content (AvgIpc) is 2.15. The lowest BCUT2D eigenvalue weighted by Crippen LogP contribution is -2.32.